The van der Waals surface area contributed by atoms with Gasteiger partial charge < -0.3 is 9.84 Å². The molecular weight excluding hydrogens is 284 g/mol. The van der Waals surface area contributed by atoms with Gasteiger partial charge in [-0.25, -0.2) is 0 Å². The standard InChI is InChI=1S/C21H22O2/c1-14(2)11-17-12-16-13-18(23-3)9-10-19(16)21(22)20(17)15-7-5-4-6-8-15/h4-10,12-14,22H,11H2,1-3H3. The molecule has 0 aromatic heterocycles. The molecule has 3 rings (SSSR count). The number of rotatable bonds is 4. The lowest BCUT2D eigenvalue weighted by molar-refractivity contribution is 0.415. The van der Waals surface area contributed by atoms with Crippen molar-refractivity contribution in [2.75, 3.05) is 7.11 Å². The Hall–Kier alpha value is -2.48. The molecule has 0 radical (unpaired) electrons. The maximum atomic E-state index is 10.9. The van der Waals surface area contributed by atoms with Crippen LogP contribution in [0.4, 0.5) is 0 Å². The van der Waals surface area contributed by atoms with Gasteiger partial charge in [0, 0.05) is 10.9 Å². The largest absolute Gasteiger partial charge is 0.507 e. The molecule has 0 fully saturated rings. The molecule has 2 heteroatoms. The second-order valence-corrected chi connectivity index (χ2v) is 6.31. The van der Waals surface area contributed by atoms with E-state index in [1.807, 2.05) is 48.5 Å². The molecule has 0 heterocycles. The molecule has 0 aliphatic heterocycles. The van der Waals surface area contributed by atoms with Crippen LogP contribution >= 0.6 is 0 Å². The monoisotopic (exact) mass is 306 g/mol. The molecule has 3 aromatic carbocycles. The summed E-state index contributed by atoms with van der Waals surface area (Å²) in [6.07, 6.45) is 0.922. The molecule has 3 aromatic rings. The summed E-state index contributed by atoms with van der Waals surface area (Å²) >= 11 is 0. The van der Waals surface area contributed by atoms with Gasteiger partial charge in [0.15, 0.2) is 0 Å². The molecule has 0 saturated heterocycles. The Kier molecular flexibility index (Phi) is 4.24. The Bertz CT molecular complexity index is 820. The number of hydrogen-bond acceptors (Lipinski definition) is 2. The van der Waals surface area contributed by atoms with E-state index >= 15 is 0 Å². The number of aromatic hydroxyl groups is 1. The summed E-state index contributed by atoms with van der Waals surface area (Å²) in [6, 6.07) is 18.1. The van der Waals surface area contributed by atoms with Gasteiger partial charge in [0.05, 0.1) is 7.11 Å². The number of hydrogen-bond donors (Lipinski definition) is 1. The molecule has 23 heavy (non-hydrogen) atoms. The van der Waals surface area contributed by atoms with Crippen LogP contribution in [0.25, 0.3) is 21.9 Å². The van der Waals surface area contributed by atoms with Crippen molar-refractivity contribution in [1.29, 1.82) is 0 Å². The molecule has 1 N–H and O–H groups in total. The van der Waals surface area contributed by atoms with Gasteiger partial charge in [-0.05, 0) is 47.1 Å². The van der Waals surface area contributed by atoms with E-state index in [-0.39, 0.29) is 0 Å². The minimum Gasteiger partial charge on any atom is -0.507 e. The van der Waals surface area contributed by atoms with E-state index in [1.165, 1.54) is 5.56 Å². The fourth-order valence-electron chi connectivity index (χ4n) is 3.08. The fourth-order valence-corrected chi connectivity index (χ4v) is 3.08. The number of ether oxygens (including phenoxy) is 1. The summed E-state index contributed by atoms with van der Waals surface area (Å²) in [7, 11) is 1.66. The van der Waals surface area contributed by atoms with Gasteiger partial charge in [0.1, 0.15) is 11.5 Å². The van der Waals surface area contributed by atoms with E-state index in [4.69, 9.17) is 4.74 Å². The summed E-state index contributed by atoms with van der Waals surface area (Å²) in [6.45, 7) is 4.39. The highest BCUT2D eigenvalue weighted by Crippen LogP contribution is 2.40. The van der Waals surface area contributed by atoms with E-state index in [0.29, 0.717) is 11.7 Å². The van der Waals surface area contributed by atoms with Crippen LogP contribution in [0.5, 0.6) is 11.5 Å². The van der Waals surface area contributed by atoms with Gasteiger partial charge >= 0.3 is 0 Å². The maximum absolute atomic E-state index is 10.9. The Balaban J connectivity index is 2.29. The number of phenols is 1. The highest BCUT2D eigenvalue weighted by Gasteiger charge is 2.16. The van der Waals surface area contributed by atoms with Crippen LogP contribution in [0.1, 0.15) is 19.4 Å². The van der Waals surface area contributed by atoms with Crippen LogP contribution in [-0.4, -0.2) is 12.2 Å². The van der Waals surface area contributed by atoms with E-state index in [0.717, 1.165) is 34.1 Å². The predicted octanol–water partition coefficient (Wildman–Crippen LogP) is 5.42. The molecule has 0 aliphatic carbocycles. The smallest absolute Gasteiger partial charge is 0.131 e. The predicted molar refractivity (Wildman–Crippen MR) is 96.1 cm³/mol. The molecule has 0 unspecified atom stereocenters. The van der Waals surface area contributed by atoms with Crippen molar-refractivity contribution in [1.82, 2.24) is 0 Å². The van der Waals surface area contributed by atoms with Crippen LogP contribution < -0.4 is 4.74 Å². The lowest BCUT2D eigenvalue weighted by Crippen LogP contribution is -1.98. The lowest BCUT2D eigenvalue weighted by atomic mass is 9.90. The molecule has 0 saturated carbocycles. The zero-order valence-electron chi connectivity index (χ0n) is 13.8. The molecule has 118 valence electrons. The number of methoxy groups -OCH3 is 1. The fraction of sp³-hybridized carbons (Fsp3) is 0.238. The van der Waals surface area contributed by atoms with Gasteiger partial charge in [-0.3, -0.25) is 0 Å². The van der Waals surface area contributed by atoms with Crippen molar-refractivity contribution in [2.45, 2.75) is 20.3 Å². The number of fused-ring (bicyclic) bond motifs is 1. The Morgan fingerprint density at radius 2 is 1.74 bits per heavy atom. The van der Waals surface area contributed by atoms with Gasteiger partial charge in [-0.1, -0.05) is 50.2 Å². The van der Waals surface area contributed by atoms with Gasteiger partial charge in [-0.15, -0.1) is 0 Å². The molecule has 0 spiro atoms. The molecule has 0 aliphatic rings. The van der Waals surface area contributed by atoms with E-state index in [1.54, 1.807) is 7.11 Å². The third-order valence-electron chi connectivity index (χ3n) is 4.09. The SMILES string of the molecule is COc1ccc2c(O)c(-c3ccccc3)c(CC(C)C)cc2c1. The Morgan fingerprint density at radius 3 is 2.39 bits per heavy atom. The van der Waals surface area contributed by atoms with Crippen LogP contribution in [0.2, 0.25) is 0 Å². The first-order chi connectivity index (χ1) is 11.1. The molecular formula is C21H22O2. The topological polar surface area (TPSA) is 29.5 Å². The van der Waals surface area contributed by atoms with Crippen molar-refractivity contribution >= 4 is 10.8 Å². The van der Waals surface area contributed by atoms with Crippen molar-refractivity contribution in [3.63, 3.8) is 0 Å². The second-order valence-electron chi connectivity index (χ2n) is 6.31. The average molecular weight is 306 g/mol. The Labute approximate surface area is 137 Å². The van der Waals surface area contributed by atoms with E-state index in [2.05, 4.69) is 19.9 Å². The third kappa shape index (κ3) is 3.02. The van der Waals surface area contributed by atoms with Crippen molar-refractivity contribution in [3.05, 3.63) is 60.2 Å². The third-order valence-corrected chi connectivity index (χ3v) is 4.09. The first-order valence-corrected chi connectivity index (χ1v) is 7.98. The average Bonchev–Trinajstić information content (AvgIpc) is 2.54. The van der Waals surface area contributed by atoms with Gasteiger partial charge in [0.25, 0.3) is 0 Å². The summed E-state index contributed by atoms with van der Waals surface area (Å²) in [5.41, 5.74) is 3.17. The summed E-state index contributed by atoms with van der Waals surface area (Å²) in [5, 5.41) is 12.8. The summed E-state index contributed by atoms with van der Waals surface area (Å²) in [4.78, 5) is 0. The number of phenolic OH excluding ortho intramolecular Hbond substituents is 1. The highest BCUT2D eigenvalue weighted by atomic mass is 16.5. The molecule has 2 nitrogen and oxygen atoms in total. The highest BCUT2D eigenvalue weighted by molar-refractivity contribution is 5.97. The quantitative estimate of drug-likeness (QED) is 0.697. The van der Waals surface area contributed by atoms with Gasteiger partial charge in [0.2, 0.25) is 0 Å². The van der Waals surface area contributed by atoms with E-state index < -0.39 is 0 Å². The first-order valence-electron chi connectivity index (χ1n) is 7.98. The van der Waals surface area contributed by atoms with Crippen LogP contribution in [-0.2, 0) is 6.42 Å². The normalized spacial score (nSPS) is 11.1. The zero-order chi connectivity index (χ0) is 16.4. The van der Waals surface area contributed by atoms with E-state index in [9.17, 15) is 5.11 Å². The van der Waals surface area contributed by atoms with Crippen molar-refractivity contribution in [2.24, 2.45) is 5.92 Å². The first kappa shape index (κ1) is 15.4. The summed E-state index contributed by atoms with van der Waals surface area (Å²) in [5.74, 6) is 1.67. The minimum atomic E-state index is 0.354. The van der Waals surface area contributed by atoms with Crippen LogP contribution in [0.15, 0.2) is 54.6 Å². The Morgan fingerprint density at radius 1 is 1.00 bits per heavy atom. The zero-order valence-corrected chi connectivity index (χ0v) is 13.8. The molecule has 0 bridgehead atoms. The second kappa shape index (κ2) is 6.33. The van der Waals surface area contributed by atoms with Crippen LogP contribution in [0.3, 0.4) is 0 Å². The maximum Gasteiger partial charge on any atom is 0.131 e. The van der Waals surface area contributed by atoms with Crippen LogP contribution in [0, 0.1) is 5.92 Å². The number of benzene rings is 3. The minimum absolute atomic E-state index is 0.354. The van der Waals surface area contributed by atoms with Gasteiger partial charge in [-0.2, -0.15) is 0 Å². The molecule has 0 atom stereocenters. The van der Waals surface area contributed by atoms with Crippen molar-refractivity contribution in [3.8, 4) is 22.6 Å². The molecule has 0 amide bonds. The lowest BCUT2D eigenvalue weighted by Gasteiger charge is -2.17. The van der Waals surface area contributed by atoms with Crippen molar-refractivity contribution < 1.29 is 9.84 Å². The summed E-state index contributed by atoms with van der Waals surface area (Å²) < 4.78 is 5.32.